The van der Waals surface area contributed by atoms with Gasteiger partial charge < -0.3 is 19.3 Å². The van der Waals surface area contributed by atoms with Gasteiger partial charge in [0.1, 0.15) is 6.10 Å². The number of benzene rings is 4. The van der Waals surface area contributed by atoms with Crippen LogP contribution in [0.4, 0.5) is 0 Å². The van der Waals surface area contributed by atoms with Gasteiger partial charge in [0.05, 0.1) is 19.3 Å². The number of hydrogen-bond acceptors (Lipinski definition) is 4. The zero-order chi connectivity index (χ0) is 43.3. The standard InChI is InChI=1S/C53H77NO4Si2/c1-8-9-10-11-12-13-14-15-16-17-18-19-20-33-42-50(58-60(53(5,6)7,48-38-29-23-30-39-48)49-40-31-24-32-41-49)51(56)54-45(43-55)44-57-59(52(2,3)4,46-34-25-21-26-35-46)47-36-27-22-28-37-47/h21-42,45,50,55H,8-20,43-44H2,1-7H3,(H,54,56)/b42-33+/t45-,50-/m1/s1. The first kappa shape index (κ1) is 49.1. The number of hydrogen-bond donors (Lipinski definition) is 2. The fourth-order valence-corrected chi connectivity index (χ4v) is 18.0. The summed E-state index contributed by atoms with van der Waals surface area (Å²) in [5, 5.41) is 18.1. The molecule has 0 aromatic heterocycles. The largest absolute Gasteiger partial charge is 0.405 e. The van der Waals surface area contributed by atoms with Gasteiger partial charge in [-0.1, -0.05) is 253 Å². The molecular formula is C53H77NO4Si2. The van der Waals surface area contributed by atoms with Gasteiger partial charge in [0.15, 0.2) is 0 Å². The lowest BCUT2D eigenvalue weighted by Gasteiger charge is -2.45. The van der Waals surface area contributed by atoms with Crippen molar-refractivity contribution in [3.63, 3.8) is 0 Å². The topological polar surface area (TPSA) is 67.8 Å². The van der Waals surface area contributed by atoms with Crippen LogP contribution in [0.25, 0.3) is 0 Å². The van der Waals surface area contributed by atoms with Gasteiger partial charge in [-0.25, -0.2) is 0 Å². The average Bonchev–Trinajstić information content (AvgIpc) is 3.25. The number of amides is 1. The van der Waals surface area contributed by atoms with Crippen molar-refractivity contribution < 1.29 is 18.8 Å². The number of allylic oxidation sites excluding steroid dienone is 1. The summed E-state index contributed by atoms with van der Waals surface area (Å²) in [5.74, 6) is -0.265. The number of carbonyl (C=O) groups is 1. The van der Waals surface area contributed by atoms with E-state index < -0.39 is 28.8 Å². The highest BCUT2D eigenvalue weighted by atomic mass is 28.4. The molecule has 0 saturated heterocycles. The molecule has 1 amide bonds. The van der Waals surface area contributed by atoms with Crippen molar-refractivity contribution in [2.24, 2.45) is 0 Å². The maximum absolute atomic E-state index is 14.8. The van der Waals surface area contributed by atoms with E-state index in [-0.39, 0.29) is 29.2 Å². The molecular weight excluding hydrogens is 771 g/mol. The third kappa shape index (κ3) is 13.5. The molecule has 0 aliphatic heterocycles. The van der Waals surface area contributed by atoms with Crippen LogP contribution in [0.1, 0.15) is 132 Å². The van der Waals surface area contributed by atoms with E-state index >= 15 is 0 Å². The molecule has 5 nitrogen and oxygen atoms in total. The molecule has 0 heterocycles. The van der Waals surface area contributed by atoms with Gasteiger partial charge in [-0.15, -0.1) is 0 Å². The number of aliphatic hydroxyl groups excluding tert-OH is 1. The van der Waals surface area contributed by atoms with E-state index in [0.717, 1.165) is 33.6 Å². The molecule has 4 aromatic rings. The summed E-state index contributed by atoms with van der Waals surface area (Å²) < 4.78 is 14.7. The molecule has 4 aromatic carbocycles. The van der Waals surface area contributed by atoms with Gasteiger partial charge >= 0.3 is 0 Å². The van der Waals surface area contributed by atoms with Gasteiger partial charge in [-0.2, -0.15) is 0 Å². The number of aliphatic hydroxyl groups is 1. The Bertz CT molecular complexity index is 1710. The molecule has 0 spiro atoms. The van der Waals surface area contributed by atoms with Crippen LogP contribution in [-0.2, 0) is 13.6 Å². The first-order valence-electron chi connectivity index (χ1n) is 23.0. The second kappa shape index (κ2) is 24.7. The van der Waals surface area contributed by atoms with Crippen LogP contribution in [0.5, 0.6) is 0 Å². The smallest absolute Gasteiger partial charge is 0.262 e. The van der Waals surface area contributed by atoms with Crippen LogP contribution in [0.3, 0.4) is 0 Å². The van der Waals surface area contributed by atoms with Crippen LogP contribution in [0.2, 0.25) is 10.1 Å². The minimum Gasteiger partial charge on any atom is -0.405 e. The highest BCUT2D eigenvalue weighted by molar-refractivity contribution is 7.00. The number of rotatable bonds is 26. The minimum atomic E-state index is -3.10. The van der Waals surface area contributed by atoms with Gasteiger partial charge in [0, 0.05) is 0 Å². The molecule has 326 valence electrons. The Morgan fingerprint density at radius 3 is 1.32 bits per heavy atom. The predicted molar refractivity (Wildman–Crippen MR) is 260 cm³/mol. The molecule has 2 atom stereocenters. The van der Waals surface area contributed by atoms with Gasteiger partial charge in [-0.3, -0.25) is 4.79 Å². The van der Waals surface area contributed by atoms with Crippen LogP contribution in [-0.4, -0.2) is 53.0 Å². The van der Waals surface area contributed by atoms with Crippen LogP contribution >= 0.6 is 0 Å². The third-order valence-corrected chi connectivity index (χ3v) is 22.0. The maximum Gasteiger partial charge on any atom is 0.262 e. The molecule has 0 bridgehead atoms. The van der Waals surface area contributed by atoms with E-state index in [4.69, 9.17) is 8.85 Å². The Kier molecular flexibility index (Phi) is 20.2. The highest BCUT2D eigenvalue weighted by Gasteiger charge is 2.53. The summed E-state index contributed by atoms with van der Waals surface area (Å²) in [6, 6.07) is 41.3. The lowest BCUT2D eigenvalue weighted by Crippen LogP contribution is -2.69. The Morgan fingerprint density at radius 2 is 0.950 bits per heavy atom. The van der Waals surface area contributed by atoms with Gasteiger partial charge in [0.2, 0.25) is 0 Å². The zero-order valence-electron chi connectivity index (χ0n) is 38.1. The fraction of sp³-hybridized carbons (Fsp3) is 0.491. The maximum atomic E-state index is 14.8. The van der Waals surface area contributed by atoms with Crippen molar-refractivity contribution in [2.45, 2.75) is 154 Å². The number of unbranched alkanes of at least 4 members (excludes halogenated alkanes) is 12. The number of carbonyl (C=O) groups excluding carboxylic acids is 1. The van der Waals surface area contributed by atoms with Gasteiger partial charge in [-0.05, 0) is 43.7 Å². The lowest BCUT2D eigenvalue weighted by atomic mass is 10.0. The summed E-state index contributed by atoms with van der Waals surface area (Å²) in [6.07, 6.45) is 19.8. The summed E-state index contributed by atoms with van der Waals surface area (Å²) in [5.41, 5.74) is 0. The Morgan fingerprint density at radius 1 is 0.583 bits per heavy atom. The monoisotopic (exact) mass is 848 g/mol. The van der Waals surface area contributed by atoms with Crippen LogP contribution in [0.15, 0.2) is 133 Å². The lowest BCUT2D eigenvalue weighted by molar-refractivity contribution is -0.127. The van der Waals surface area contributed by atoms with Crippen molar-refractivity contribution in [1.82, 2.24) is 5.32 Å². The van der Waals surface area contributed by atoms with Crippen LogP contribution in [0, 0.1) is 0 Å². The molecule has 60 heavy (non-hydrogen) atoms. The quantitative estimate of drug-likeness (QED) is 0.0375. The second-order valence-corrected chi connectivity index (χ2v) is 27.2. The average molecular weight is 848 g/mol. The molecule has 7 heteroatoms. The molecule has 0 saturated carbocycles. The summed E-state index contributed by atoms with van der Waals surface area (Å²) in [6.45, 7) is 15.6. The van der Waals surface area contributed by atoms with E-state index in [9.17, 15) is 9.90 Å². The highest BCUT2D eigenvalue weighted by Crippen LogP contribution is 2.39. The SMILES string of the molecule is CCCCCCCCCCCCCC/C=C/[C@@H](O[Si](c1ccccc1)(c1ccccc1)C(C)(C)C)C(=O)N[C@H](CO)CO[Si](c1ccccc1)(c1ccccc1)C(C)(C)C. The summed E-state index contributed by atoms with van der Waals surface area (Å²) in [7, 11) is -6.02. The Hall–Kier alpha value is -3.60. The molecule has 2 N–H and O–H groups in total. The Balaban J connectivity index is 1.58. The molecule has 0 fully saturated rings. The minimum absolute atomic E-state index is 0.157. The van der Waals surface area contributed by atoms with E-state index in [0.29, 0.717) is 0 Å². The number of nitrogens with one attached hydrogen (secondary N) is 1. The van der Waals surface area contributed by atoms with Crippen molar-refractivity contribution in [1.29, 1.82) is 0 Å². The third-order valence-electron chi connectivity index (χ3n) is 12.0. The second-order valence-electron chi connectivity index (χ2n) is 18.7. The van der Waals surface area contributed by atoms with E-state index in [1.807, 2.05) is 30.3 Å². The van der Waals surface area contributed by atoms with E-state index in [2.05, 4.69) is 157 Å². The molecule has 4 rings (SSSR count). The van der Waals surface area contributed by atoms with Crippen molar-refractivity contribution in [3.8, 4) is 0 Å². The Labute approximate surface area is 366 Å². The van der Waals surface area contributed by atoms with Crippen LogP contribution < -0.4 is 26.1 Å². The summed E-state index contributed by atoms with van der Waals surface area (Å²) >= 11 is 0. The zero-order valence-corrected chi connectivity index (χ0v) is 40.1. The normalized spacial score (nSPS) is 13.7. The van der Waals surface area contributed by atoms with Crippen molar-refractivity contribution >= 4 is 43.3 Å². The van der Waals surface area contributed by atoms with Gasteiger partial charge in [0.25, 0.3) is 22.5 Å². The van der Waals surface area contributed by atoms with E-state index in [1.54, 1.807) is 0 Å². The van der Waals surface area contributed by atoms with E-state index in [1.165, 1.54) is 70.6 Å². The molecule has 0 radical (unpaired) electrons. The first-order valence-corrected chi connectivity index (χ1v) is 26.8. The fourth-order valence-electron chi connectivity index (χ4n) is 8.80. The van der Waals surface area contributed by atoms with Crippen molar-refractivity contribution in [3.05, 3.63) is 133 Å². The summed E-state index contributed by atoms with van der Waals surface area (Å²) in [4.78, 5) is 14.8. The predicted octanol–water partition coefficient (Wildman–Crippen LogP) is 10.6. The first-order chi connectivity index (χ1) is 28.9. The molecule has 0 unspecified atom stereocenters. The molecule has 0 aliphatic carbocycles. The van der Waals surface area contributed by atoms with Crippen molar-refractivity contribution in [2.75, 3.05) is 13.2 Å². The molecule has 0 aliphatic rings.